The first-order valence-electron chi connectivity index (χ1n) is 5.29. The minimum Gasteiger partial charge on any atom is -0.477 e. The minimum absolute atomic E-state index is 0.0155. The molecule has 0 spiro atoms. The molecule has 0 atom stereocenters. The number of aromatic nitrogens is 3. The van der Waals surface area contributed by atoms with Gasteiger partial charge in [0.15, 0.2) is 5.76 Å². The molecule has 1 N–H and O–H groups in total. The molecule has 6 heteroatoms. The van der Waals surface area contributed by atoms with E-state index in [-0.39, 0.29) is 5.69 Å². The Labute approximate surface area is 102 Å². The quantitative estimate of drug-likeness (QED) is 0.744. The summed E-state index contributed by atoms with van der Waals surface area (Å²) in [6.45, 7) is 1.90. The molecule has 0 unspecified atom stereocenters. The van der Waals surface area contributed by atoms with Crippen molar-refractivity contribution >= 4 is 11.8 Å². The lowest BCUT2D eigenvalue weighted by molar-refractivity contribution is 0.0690. The number of carbonyl (C=O) groups is 1. The monoisotopic (exact) mass is 243 g/mol. The van der Waals surface area contributed by atoms with E-state index in [1.54, 1.807) is 28.9 Å². The topological polar surface area (TPSA) is 80.6 Å². The van der Waals surface area contributed by atoms with Gasteiger partial charge in [-0.1, -0.05) is 6.07 Å². The average Bonchev–Trinajstić information content (AvgIpc) is 2.92. The van der Waals surface area contributed by atoms with Crippen LogP contribution in [0.1, 0.15) is 16.2 Å². The molecule has 3 rings (SSSR count). The first kappa shape index (κ1) is 10.5. The number of pyridine rings is 1. The lowest BCUT2D eigenvalue weighted by atomic mass is 10.2. The van der Waals surface area contributed by atoms with Gasteiger partial charge in [0.1, 0.15) is 11.4 Å². The van der Waals surface area contributed by atoms with E-state index in [1.807, 2.05) is 6.92 Å². The Morgan fingerprint density at radius 2 is 2.28 bits per heavy atom. The number of carboxylic acid groups (broad SMARTS) is 1. The number of carboxylic acids is 1. The smallest absolute Gasteiger partial charge is 0.354 e. The summed E-state index contributed by atoms with van der Waals surface area (Å²) in [5, 5.41) is 8.89. The van der Waals surface area contributed by atoms with Crippen molar-refractivity contribution in [2.45, 2.75) is 6.92 Å². The van der Waals surface area contributed by atoms with Crippen LogP contribution in [0.25, 0.3) is 17.3 Å². The largest absolute Gasteiger partial charge is 0.477 e. The number of hydrogen-bond donors (Lipinski definition) is 1. The summed E-state index contributed by atoms with van der Waals surface area (Å²) in [5.74, 6) is -0.112. The third-order valence-corrected chi connectivity index (χ3v) is 2.62. The van der Waals surface area contributed by atoms with Gasteiger partial charge >= 0.3 is 11.8 Å². The molecule has 90 valence electrons. The molecular formula is C12H9N3O3. The van der Waals surface area contributed by atoms with Gasteiger partial charge in [-0.2, -0.15) is 0 Å². The van der Waals surface area contributed by atoms with E-state index in [0.717, 1.165) is 5.69 Å². The highest BCUT2D eigenvalue weighted by Crippen LogP contribution is 2.21. The van der Waals surface area contributed by atoms with Gasteiger partial charge in [0.2, 0.25) is 0 Å². The zero-order chi connectivity index (χ0) is 12.7. The van der Waals surface area contributed by atoms with Crippen molar-refractivity contribution in [2.24, 2.45) is 0 Å². The number of hydrogen-bond acceptors (Lipinski definition) is 4. The molecule has 6 nitrogen and oxygen atoms in total. The number of aryl methyl sites for hydroxylation is 1. The number of oxazole rings is 1. The maximum atomic E-state index is 10.9. The van der Waals surface area contributed by atoms with Gasteiger partial charge in [0, 0.05) is 5.69 Å². The van der Waals surface area contributed by atoms with Crippen LogP contribution >= 0.6 is 0 Å². The van der Waals surface area contributed by atoms with Crippen LogP contribution in [0.5, 0.6) is 0 Å². The standard InChI is InChI=1S/C12H9N3O3/c1-7-5-13-12-15(7)6-10(18-12)8-3-2-4-9(14-8)11(16)17/h2-6H,1H3,(H,16,17). The Hall–Kier alpha value is -2.63. The highest BCUT2D eigenvalue weighted by molar-refractivity contribution is 5.85. The summed E-state index contributed by atoms with van der Waals surface area (Å²) in [4.78, 5) is 18.9. The molecular weight excluding hydrogens is 234 g/mol. The van der Waals surface area contributed by atoms with Crippen molar-refractivity contribution < 1.29 is 14.3 Å². The molecule has 18 heavy (non-hydrogen) atoms. The molecule has 3 aromatic heterocycles. The fourth-order valence-corrected chi connectivity index (χ4v) is 1.71. The summed E-state index contributed by atoms with van der Waals surface area (Å²) in [5.41, 5.74) is 1.40. The fourth-order valence-electron chi connectivity index (χ4n) is 1.71. The second-order valence-corrected chi connectivity index (χ2v) is 3.86. The zero-order valence-corrected chi connectivity index (χ0v) is 9.49. The van der Waals surface area contributed by atoms with Crippen LogP contribution in [0.3, 0.4) is 0 Å². The maximum Gasteiger partial charge on any atom is 0.354 e. The summed E-state index contributed by atoms with van der Waals surface area (Å²) >= 11 is 0. The van der Waals surface area contributed by atoms with E-state index in [1.165, 1.54) is 6.07 Å². The van der Waals surface area contributed by atoms with Crippen molar-refractivity contribution in [1.29, 1.82) is 0 Å². The van der Waals surface area contributed by atoms with E-state index >= 15 is 0 Å². The second-order valence-electron chi connectivity index (χ2n) is 3.86. The van der Waals surface area contributed by atoms with Gasteiger partial charge in [-0.15, -0.1) is 0 Å². The van der Waals surface area contributed by atoms with Crippen molar-refractivity contribution in [3.63, 3.8) is 0 Å². The molecule has 0 bridgehead atoms. The summed E-state index contributed by atoms with van der Waals surface area (Å²) in [7, 11) is 0. The molecule has 0 aliphatic rings. The Bertz CT molecular complexity index is 742. The maximum absolute atomic E-state index is 10.9. The first-order chi connectivity index (χ1) is 8.65. The zero-order valence-electron chi connectivity index (χ0n) is 9.49. The van der Waals surface area contributed by atoms with Gasteiger partial charge in [-0.05, 0) is 19.1 Å². The normalized spacial score (nSPS) is 10.9. The predicted molar refractivity (Wildman–Crippen MR) is 62.4 cm³/mol. The fraction of sp³-hybridized carbons (Fsp3) is 0.0833. The van der Waals surface area contributed by atoms with Crippen molar-refractivity contribution in [3.05, 3.63) is 42.0 Å². The number of nitrogens with zero attached hydrogens (tertiary/aromatic N) is 3. The summed E-state index contributed by atoms with van der Waals surface area (Å²) < 4.78 is 7.29. The van der Waals surface area contributed by atoms with E-state index in [4.69, 9.17) is 9.52 Å². The van der Waals surface area contributed by atoms with Crippen molar-refractivity contribution in [3.8, 4) is 11.5 Å². The van der Waals surface area contributed by atoms with Gasteiger partial charge in [-0.3, -0.25) is 4.40 Å². The molecule has 0 radical (unpaired) electrons. The van der Waals surface area contributed by atoms with Gasteiger partial charge in [-0.25, -0.2) is 14.8 Å². The Morgan fingerprint density at radius 1 is 1.44 bits per heavy atom. The number of rotatable bonds is 2. The van der Waals surface area contributed by atoms with Crippen LogP contribution in [-0.2, 0) is 0 Å². The predicted octanol–water partition coefficient (Wildman–Crippen LogP) is 2.00. The molecule has 0 saturated heterocycles. The first-order valence-corrected chi connectivity index (χ1v) is 5.29. The summed E-state index contributed by atoms with van der Waals surface area (Å²) in [6, 6.07) is 4.76. The molecule has 0 amide bonds. The highest BCUT2D eigenvalue weighted by Gasteiger charge is 2.12. The third kappa shape index (κ3) is 1.55. The Balaban J connectivity index is 2.13. The molecule has 0 saturated carbocycles. The molecule has 3 heterocycles. The lowest BCUT2D eigenvalue weighted by Crippen LogP contribution is -2.00. The minimum atomic E-state index is -1.07. The SMILES string of the molecule is Cc1cnc2oc(-c3cccc(C(=O)O)n3)cn12. The third-order valence-electron chi connectivity index (χ3n) is 2.62. The van der Waals surface area contributed by atoms with Gasteiger partial charge in [0.25, 0.3) is 0 Å². The number of imidazole rings is 1. The van der Waals surface area contributed by atoms with E-state index in [2.05, 4.69) is 9.97 Å². The molecule has 3 aromatic rings. The molecule has 0 aliphatic carbocycles. The Kier molecular flexibility index (Phi) is 2.16. The average molecular weight is 243 g/mol. The van der Waals surface area contributed by atoms with Crippen LogP contribution in [0, 0.1) is 6.92 Å². The van der Waals surface area contributed by atoms with Gasteiger partial charge in [0.05, 0.1) is 12.4 Å². The number of fused-ring (bicyclic) bond motifs is 1. The van der Waals surface area contributed by atoms with Crippen LogP contribution in [-0.4, -0.2) is 25.4 Å². The number of aromatic carboxylic acids is 1. The van der Waals surface area contributed by atoms with Crippen LogP contribution in [0.4, 0.5) is 0 Å². The lowest BCUT2D eigenvalue weighted by Gasteiger charge is -1.97. The van der Waals surface area contributed by atoms with Crippen molar-refractivity contribution in [2.75, 3.05) is 0 Å². The van der Waals surface area contributed by atoms with Crippen LogP contribution < -0.4 is 0 Å². The highest BCUT2D eigenvalue weighted by atomic mass is 16.4. The van der Waals surface area contributed by atoms with Crippen LogP contribution in [0.15, 0.2) is 35.0 Å². The molecule has 0 aliphatic heterocycles. The van der Waals surface area contributed by atoms with Crippen molar-refractivity contribution in [1.82, 2.24) is 14.4 Å². The van der Waals surface area contributed by atoms with E-state index in [9.17, 15) is 4.79 Å². The van der Waals surface area contributed by atoms with E-state index < -0.39 is 5.97 Å². The summed E-state index contributed by atoms with van der Waals surface area (Å²) in [6.07, 6.45) is 3.44. The van der Waals surface area contributed by atoms with Gasteiger partial charge < -0.3 is 9.52 Å². The molecule has 0 aromatic carbocycles. The Morgan fingerprint density at radius 3 is 3.00 bits per heavy atom. The molecule has 0 fully saturated rings. The second kappa shape index (κ2) is 3.69. The van der Waals surface area contributed by atoms with E-state index in [0.29, 0.717) is 17.3 Å². The van der Waals surface area contributed by atoms with Crippen LogP contribution in [0.2, 0.25) is 0 Å².